The van der Waals surface area contributed by atoms with Crippen LogP contribution >= 0.6 is 12.4 Å². The lowest BCUT2D eigenvalue weighted by Gasteiger charge is -2.04. The van der Waals surface area contributed by atoms with Gasteiger partial charge in [-0.15, -0.1) is 12.4 Å². The predicted octanol–water partition coefficient (Wildman–Crippen LogP) is 5.07. The minimum Gasteiger partial charge on any atom is -0.337 e. The van der Waals surface area contributed by atoms with E-state index < -0.39 is 0 Å². The standard InChI is InChI=1S/C23H18N4O2.ClH/c1-15-7-9-17(10-8-15)23(28)19-13-21(29-25-19)27-16(2)22(26-12-11-24-14-26)18-5-3-4-6-20(18)27;/h3-14H,1-2H3;1H. The Morgan fingerprint density at radius 2 is 1.80 bits per heavy atom. The van der Waals surface area contributed by atoms with Crippen LogP contribution in [0.15, 0.2) is 77.8 Å². The van der Waals surface area contributed by atoms with Crippen molar-refractivity contribution in [1.29, 1.82) is 0 Å². The van der Waals surface area contributed by atoms with Crippen molar-refractivity contribution < 1.29 is 9.32 Å². The number of carbonyl (C=O) groups excluding carboxylic acids is 1. The number of halogens is 1. The maximum absolute atomic E-state index is 12.8. The van der Waals surface area contributed by atoms with Gasteiger partial charge < -0.3 is 9.09 Å². The molecule has 0 aliphatic carbocycles. The normalized spacial score (nSPS) is 10.9. The average molecular weight is 419 g/mol. The molecule has 3 heterocycles. The molecule has 0 radical (unpaired) electrons. The van der Waals surface area contributed by atoms with Gasteiger partial charge >= 0.3 is 0 Å². The average Bonchev–Trinajstić information content (AvgIpc) is 3.46. The maximum Gasteiger partial charge on any atom is 0.236 e. The molecular formula is C23H19ClN4O2. The van der Waals surface area contributed by atoms with E-state index in [1.807, 2.05) is 59.5 Å². The summed E-state index contributed by atoms with van der Waals surface area (Å²) < 4.78 is 9.55. The number of fused-ring (bicyclic) bond motifs is 1. The van der Waals surface area contributed by atoms with Crippen LogP contribution in [0.2, 0.25) is 0 Å². The van der Waals surface area contributed by atoms with Crippen molar-refractivity contribution in [3.05, 3.63) is 95.8 Å². The van der Waals surface area contributed by atoms with E-state index in [0.717, 1.165) is 27.8 Å². The van der Waals surface area contributed by atoms with Gasteiger partial charge in [-0.05, 0) is 19.9 Å². The SMILES string of the molecule is Cc1ccc(C(=O)c2cc(-n3c(C)c(-n4ccnc4)c4ccccc43)on2)cc1.Cl. The maximum atomic E-state index is 12.8. The summed E-state index contributed by atoms with van der Waals surface area (Å²) in [7, 11) is 0. The Balaban J connectivity index is 0.00000218. The molecule has 0 aliphatic heterocycles. The van der Waals surface area contributed by atoms with Crippen LogP contribution in [0, 0.1) is 13.8 Å². The smallest absolute Gasteiger partial charge is 0.236 e. The van der Waals surface area contributed by atoms with Gasteiger partial charge in [0.25, 0.3) is 0 Å². The highest BCUT2D eigenvalue weighted by molar-refractivity contribution is 6.07. The number of hydrogen-bond donors (Lipinski definition) is 0. The Morgan fingerprint density at radius 3 is 2.53 bits per heavy atom. The molecular weight excluding hydrogens is 400 g/mol. The fraction of sp³-hybridized carbons (Fsp3) is 0.0870. The molecule has 2 aromatic carbocycles. The number of para-hydroxylation sites is 1. The van der Waals surface area contributed by atoms with E-state index in [0.29, 0.717) is 11.4 Å². The van der Waals surface area contributed by atoms with Gasteiger partial charge in [-0.3, -0.25) is 9.36 Å². The van der Waals surface area contributed by atoms with Crippen molar-refractivity contribution in [3.63, 3.8) is 0 Å². The Kier molecular flexibility index (Phi) is 5.01. The fourth-order valence-electron chi connectivity index (χ4n) is 3.68. The van der Waals surface area contributed by atoms with Gasteiger partial charge in [0.1, 0.15) is 0 Å². The summed E-state index contributed by atoms with van der Waals surface area (Å²) >= 11 is 0. The van der Waals surface area contributed by atoms with Crippen LogP contribution in [-0.2, 0) is 0 Å². The molecule has 0 unspecified atom stereocenters. The first kappa shape index (κ1) is 19.7. The van der Waals surface area contributed by atoms with Crippen molar-refractivity contribution in [2.75, 3.05) is 0 Å². The second kappa shape index (κ2) is 7.65. The molecule has 0 amide bonds. The zero-order chi connectivity index (χ0) is 20.0. The molecule has 5 aromatic rings. The molecule has 0 N–H and O–H groups in total. The molecule has 6 nitrogen and oxygen atoms in total. The third-order valence-corrected chi connectivity index (χ3v) is 5.11. The number of hydrogen-bond acceptors (Lipinski definition) is 4. The molecule has 3 aromatic heterocycles. The lowest BCUT2D eigenvalue weighted by Crippen LogP contribution is -2.01. The highest BCUT2D eigenvalue weighted by Crippen LogP contribution is 2.32. The van der Waals surface area contributed by atoms with Crippen molar-refractivity contribution in [1.82, 2.24) is 19.3 Å². The molecule has 30 heavy (non-hydrogen) atoms. The molecule has 0 fully saturated rings. The Bertz CT molecular complexity index is 1330. The lowest BCUT2D eigenvalue weighted by molar-refractivity contribution is 0.103. The van der Waals surface area contributed by atoms with Gasteiger partial charge in [0.2, 0.25) is 11.7 Å². The van der Waals surface area contributed by atoms with Crippen molar-refractivity contribution in [2.24, 2.45) is 0 Å². The van der Waals surface area contributed by atoms with Crippen LogP contribution in [0.25, 0.3) is 22.5 Å². The zero-order valence-corrected chi connectivity index (χ0v) is 17.3. The summed E-state index contributed by atoms with van der Waals surface area (Å²) in [6, 6.07) is 17.2. The molecule has 0 bridgehead atoms. The quantitative estimate of drug-likeness (QED) is 0.382. The number of aryl methyl sites for hydroxylation is 1. The monoisotopic (exact) mass is 418 g/mol. The van der Waals surface area contributed by atoms with E-state index >= 15 is 0 Å². The number of nitrogens with zero attached hydrogens (tertiary/aromatic N) is 4. The van der Waals surface area contributed by atoms with Gasteiger partial charge in [-0.1, -0.05) is 53.2 Å². The summed E-state index contributed by atoms with van der Waals surface area (Å²) in [6.07, 6.45) is 5.43. The highest BCUT2D eigenvalue weighted by atomic mass is 35.5. The molecule has 5 rings (SSSR count). The summed E-state index contributed by atoms with van der Waals surface area (Å²) in [5.41, 5.74) is 4.92. The summed E-state index contributed by atoms with van der Waals surface area (Å²) in [5.74, 6) is 0.337. The minimum atomic E-state index is -0.163. The molecule has 0 saturated heterocycles. The van der Waals surface area contributed by atoms with Gasteiger partial charge in [0.05, 0.1) is 17.5 Å². The van der Waals surface area contributed by atoms with E-state index in [-0.39, 0.29) is 23.9 Å². The number of carbonyl (C=O) groups is 1. The molecule has 150 valence electrons. The first-order valence-corrected chi connectivity index (χ1v) is 9.30. The van der Waals surface area contributed by atoms with E-state index in [1.165, 1.54) is 0 Å². The number of ketones is 1. The third kappa shape index (κ3) is 3.11. The Morgan fingerprint density at radius 1 is 1.03 bits per heavy atom. The third-order valence-electron chi connectivity index (χ3n) is 5.11. The molecule has 0 saturated carbocycles. The zero-order valence-electron chi connectivity index (χ0n) is 16.4. The number of aromatic nitrogens is 4. The van der Waals surface area contributed by atoms with E-state index in [4.69, 9.17) is 4.52 Å². The van der Waals surface area contributed by atoms with E-state index in [1.54, 1.807) is 30.7 Å². The first-order chi connectivity index (χ1) is 14.1. The fourth-order valence-corrected chi connectivity index (χ4v) is 3.68. The van der Waals surface area contributed by atoms with Crippen molar-refractivity contribution in [3.8, 4) is 11.6 Å². The number of benzene rings is 2. The van der Waals surface area contributed by atoms with E-state index in [2.05, 4.69) is 16.2 Å². The van der Waals surface area contributed by atoms with Crippen LogP contribution in [0.3, 0.4) is 0 Å². The largest absolute Gasteiger partial charge is 0.337 e. The number of imidazole rings is 1. The topological polar surface area (TPSA) is 65.8 Å². The second-order valence-electron chi connectivity index (χ2n) is 7.00. The first-order valence-electron chi connectivity index (χ1n) is 9.30. The Labute approximate surface area is 179 Å². The predicted molar refractivity (Wildman–Crippen MR) is 117 cm³/mol. The van der Waals surface area contributed by atoms with Crippen LogP contribution < -0.4 is 0 Å². The van der Waals surface area contributed by atoms with Crippen LogP contribution in [0.5, 0.6) is 0 Å². The van der Waals surface area contributed by atoms with Gasteiger partial charge in [-0.2, -0.15) is 0 Å². The highest BCUT2D eigenvalue weighted by Gasteiger charge is 2.21. The van der Waals surface area contributed by atoms with Crippen LogP contribution in [0.4, 0.5) is 0 Å². The van der Waals surface area contributed by atoms with Crippen molar-refractivity contribution in [2.45, 2.75) is 13.8 Å². The van der Waals surface area contributed by atoms with Crippen LogP contribution in [0.1, 0.15) is 27.3 Å². The summed E-state index contributed by atoms with van der Waals surface area (Å²) in [5, 5.41) is 5.11. The molecule has 0 spiro atoms. The second-order valence-corrected chi connectivity index (χ2v) is 7.00. The summed E-state index contributed by atoms with van der Waals surface area (Å²) in [6.45, 7) is 4.00. The molecule has 7 heteroatoms. The van der Waals surface area contributed by atoms with Gasteiger partial charge in [-0.25, -0.2) is 4.98 Å². The minimum absolute atomic E-state index is 0. The lowest BCUT2D eigenvalue weighted by atomic mass is 10.1. The van der Waals surface area contributed by atoms with E-state index in [9.17, 15) is 4.79 Å². The van der Waals surface area contributed by atoms with Gasteiger partial charge in [0, 0.05) is 35.1 Å². The number of rotatable bonds is 4. The summed E-state index contributed by atoms with van der Waals surface area (Å²) in [4.78, 5) is 17.0. The van der Waals surface area contributed by atoms with Gasteiger partial charge in [0.15, 0.2) is 5.69 Å². The molecule has 0 aliphatic rings. The van der Waals surface area contributed by atoms with Crippen LogP contribution in [-0.4, -0.2) is 25.1 Å². The van der Waals surface area contributed by atoms with Crippen molar-refractivity contribution >= 4 is 29.1 Å². The molecule has 0 atom stereocenters. The Hall–Kier alpha value is -3.64.